The molecule has 0 aliphatic carbocycles. The summed E-state index contributed by atoms with van der Waals surface area (Å²) in [6.07, 6.45) is 2.18. The van der Waals surface area contributed by atoms with Gasteiger partial charge in [-0.05, 0) is 26.8 Å². The van der Waals surface area contributed by atoms with E-state index >= 15 is 0 Å². The number of nitrogens with zero attached hydrogens (tertiary/aromatic N) is 3. The predicted octanol–water partition coefficient (Wildman–Crippen LogP) is 3.16. The van der Waals surface area contributed by atoms with Crippen LogP contribution in [0.15, 0.2) is 21.8 Å². The van der Waals surface area contributed by atoms with Gasteiger partial charge in [0.05, 0.1) is 22.6 Å². The van der Waals surface area contributed by atoms with Gasteiger partial charge in [-0.1, -0.05) is 16.8 Å². The summed E-state index contributed by atoms with van der Waals surface area (Å²) in [7, 11) is 0. The Morgan fingerprint density at radius 1 is 1.52 bits per heavy atom. The Hall–Kier alpha value is -1.31. The molecular weight excluding hydrogens is 314 g/mol. The van der Waals surface area contributed by atoms with E-state index < -0.39 is 5.60 Å². The minimum atomic E-state index is -0.413. The molecule has 0 aliphatic heterocycles. The summed E-state index contributed by atoms with van der Waals surface area (Å²) in [6, 6.07) is 1.76. The Kier molecular flexibility index (Phi) is 5.08. The Morgan fingerprint density at radius 3 is 2.95 bits per heavy atom. The highest BCUT2D eigenvalue weighted by Gasteiger charge is 2.16. The SMILES string of the molecule is CC(C)(C)ON(C=O)CCSc1noc2ncc(Cl)cc12. The molecule has 2 aromatic rings. The van der Waals surface area contributed by atoms with Crippen molar-refractivity contribution in [2.75, 3.05) is 12.3 Å². The Bertz CT molecular complexity index is 627. The molecule has 0 fully saturated rings. The molecule has 21 heavy (non-hydrogen) atoms. The van der Waals surface area contributed by atoms with Gasteiger partial charge in [0.1, 0.15) is 5.03 Å². The van der Waals surface area contributed by atoms with Crippen molar-refractivity contribution >= 4 is 40.9 Å². The van der Waals surface area contributed by atoms with Crippen LogP contribution in [0.4, 0.5) is 0 Å². The highest BCUT2D eigenvalue weighted by atomic mass is 35.5. The maximum absolute atomic E-state index is 11.0. The van der Waals surface area contributed by atoms with E-state index in [4.69, 9.17) is 21.0 Å². The summed E-state index contributed by atoms with van der Waals surface area (Å²) in [4.78, 5) is 20.5. The molecule has 0 spiro atoms. The smallest absolute Gasteiger partial charge is 0.258 e. The third-order valence-corrected chi connectivity index (χ3v) is 3.48. The molecule has 0 unspecified atom stereocenters. The lowest BCUT2D eigenvalue weighted by molar-refractivity contribution is -0.213. The van der Waals surface area contributed by atoms with Crippen LogP contribution in [0.1, 0.15) is 20.8 Å². The molecule has 6 nitrogen and oxygen atoms in total. The van der Waals surface area contributed by atoms with Crippen LogP contribution in [0.3, 0.4) is 0 Å². The third-order valence-electron chi connectivity index (χ3n) is 2.32. The van der Waals surface area contributed by atoms with Gasteiger partial charge in [0.25, 0.3) is 5.71 Å². The van der Waals surface area contributed by atoms with Gasteiger partial charge in [-0.15, -0.1) is 11.8 Å². The van der Waals surface area contributed by atoms with Gasteiger partial charge in [0.15, 0.2) is 0 Å². The van der Waals surface area contributed by atoms with Crippen molar-refractivity contribution in [1.29, 1.82) is 0 Å². The minimum Gasteiger partial charge on any atom is -0.335 e. The van der Waals surface area contributed by atoms with Gasteiger partial charge in [-0.25, -0.2) is 10.0 Å². The number of carbonyl (C=O) groups excluding carboxylic acids is 1. The molecule has 0 saturated carbocycles. The van der Waals surface area contributed by atoms with Gasteiger partial charge in [-0.3, -0.25) is 9.63 Å². The average molecular weight is 330 g/mol. The lowest BCUT2D eigenvalue weighted by Gasteiger charge is -2.26. The second kappa shape index (κ2) is 6.64. The third kappa shape index (κ3) is 4.59. The Balaban J connectivity index is 1.95. The van der Waals surface area contributed by atoms with E-state index in [1.54, 1.807) is 6.07 Å². The fourth-order valence-corrected chi connectivity index (χ4v) is 2.61. The molecule has 0 saturated heterocycles. The van der Waals surface area contributed by atoms with Crippen molar-refractivity contribution in [3.8, 4) is 0 Å². The summed E-state index contributed by atoms with van der Waals surface area (Å²) in [5.41, 5.74) is 0.0314. The summed E-state index contributed by atoms with van der Waals surface area (Å²) < 4.78 is 5.11. The van der Waals surface area contributed by atoms with Crippen molar-refractivity contribution < 1.29 is 14.2 Å². The fraction of sp³-hybridized carbons (Fsp3) is 0.462. The summed E-state index contributed by atoms with van der Waals surface area (Å²) in [6.45, 7) is 6.09. The van der Waals surface area contributed by atoms with Crippen molar-refractivity contribution in [1.82, 2.24) is 15.2 Å². The zero-order valence-electron chi connectivity index (χ0n) is 12.0. The van der Waals surface area contributed by atoms with Crippen LogP contribution in [-0.4, -0.2) is 39.5 Å². The number of hydroxylamine groups is 2. The number of rotatable bonds is 6. The Morgan fingerprint density at radius 2 is 2.29 bits per heavy atom. The molecule has 1 amide bonds. The lowest BCUT2D eigenvalue weighted by Crippen LogP contribution is -2.34. The van der Waals surface area contributed by atoms with E-state index in [2.05, 4.69) is 10.1 Å². The number of fused-ring (bicyclic) bond motifs is 1. The maximum atomic E-state index is 11.0. The van der Waals surface area contributed by atoms with Crippen LogP contribution in [0.25, 0.3) is 11.1 Å². The van der Waals surface area contributed by atoms with E-state index in [1.165, 1.54) is 23.0 Å². The van der Waals surface area contributed by atoms with E-state index in [0.29, 0.717) is 34.5 Å². The van der Waals surface area contributed by atoms with Crippen molar-refractivity contribution in [2.45, 2.75) is 31.4 Å². The number of amides is 1. The van der Waals surface area contributed by atoms with Crippen molar-refractivity contribution in [3.63, 3.8) is 0 Å². The molecule has 0 atom stereocenters. The van der Waals surface area contributed by atoms with Crippen molar-refractivity contribution in [3.05, 3.63) is 17.3 Å². The second-order valence-electron chi connectivity index (χ2n) is 5.29. The monoisotopic (exact) mass is 329 g/mol. The molecular formula is C13H16ClN3O3S. The summed E-state index contributed by atoms with van der Waals surface area (Å²) in [5.74, 6) is 0.614. The first-order valence-corrected chi connectivity index (χ1v) is 7.70. The second-order valence-corrected chi connectivity index (χ2v) is 6.81. The highest BCUT2D eigenvalue weighted by Crippen LogP contribution is 2.27. The van der Waals surface area contributed by atoms with Gasteiger partial charge in [0, 0.05) is 11.9 Å². The normalized spacial score (nSPS) is 11.8. The topological polar surface area (TPSA) is 68.5 Å². The highest BCUT2D eigenvalue weighted by molar-refractivity contribution is 7.99. The molecule has 114 valence electrons. The van der Waals surface area contributed by atoms with Crippen LogP contribution >= 0.6 is 23.4 Å². The molecule has 2 heterocycles. The average Bonchev–Trinajstić information content (AvgIpc) is 2.79. The van der Waals surface area contributed by atoms with Gasteiger partial charge >= 0.3 is 0 Å². The first kappa shape index (κ1) is 16.1. The van der Waals surface area contributed by atoms with Gasteiger partial charge in [-0.2, -0.15) is 0 Å². The number of aromatic nitrogens is 2. The van der Waals surface area contributed by atoms with Crippen LogP contribution in [0.5, 0.6) is 0 Å². The fourth-order valence-electron chi connectivity index (χ4n) is 1.59. The minimum absolute atomic E-state index is 0.413. The standard InChI is InChI=1S/C13H16ClN3O3S/c1-13(2,3)20-17(8-18)4-5-21-12-10-6-9(14)7-15-11(10)19-16-12/h6-8H,4-5H2,1-3H3. The van der Waals surface area contributed by atoms with E-state index in [1.807, 2.05) is 20.8 Å². The molecule has 0 N–H and O–H groups in total. The van der Waals surface area contributed by atoms with Crippen LogP contribution in [0, 0.1) is 0 Å². The van der Waals surface area contributed by atoms with E-state index in [9.17, 15) is 4.79 Å². The molecule has 0 radical (unpaired) electrons. The number of pyridine rings is 1. The number of halogens is 1. The molecule has 0 aliphatic rings. The van der Waals surface area contributed by atoms with Gasteiger partial charge < -0.3 is 4.52 Å². The van der Waals surface area contributed by atoms with Crippen LogP contribution in [-0.2, 0) is 9.63 Å². The number of thioether (sulfide) groups is 1. The predicted molar refractivity (Wildman–Crippen MR) is 81.1 cm³/mol. The van der Waals surface area contributed by atoms with Crippen LogP contribution in [0.2, 0.25) is 5.02 Å². The molecule has 0 aromatic carbocycles. The number of hydrogen-bond acceptors (Lipinski definition) is 6. The molecule has 8 heteroatoms. The lowest BCUT2D eigenvalue weighted by atomic mass is 10.2. The van der Waals surface area contributed by atoms with Gasteiger partial charge in [0.2, 0.25) is 6.41 Å². The van der Waals surface area contributed by atoms with Crippen molar-refractivity contribution in [2.24, 2.45) is 0 Å². The molecule has 0 bridgehead atoms. The number of hydrogen-bond donors (Lipinski definition) is 0. The maximum Gasteiger partial charge on any atom is 0.258 e. The summed E-state index contributed by atoms with van der Waals surface area (Å²) in [5, 5.41) is 7.22. The molecule has 2 rings (SSSR count). The zero-order chi connectivity index (χ0) is 15.5. The van der Waals surface area contributed by atoms with Crippen LogP contribution < -0.4 is 0 Å². The summed E-state index contributed by atoms with van der Waals surface area (Å²) >= 11 is 7.36. The molecule has 2 aromatic heterocycles. The first-order valence-electron chi connectivity index (χ1n) is 6.34. The zero-order valence-corrected chi connectivity index (χ0v) is 13.6. The largest absolute Gasteiger partial charge is 0.335 e. The first-order chi connectivity index (χ1) is 9.89. The quantitative estimate of drug-likeness (QED) is 0.460. The van der Waals surface area contributed by atoms with E-state index in [-0.39, 0.29) is 0 Å². The number of carbonyl (C=O) groups is 1. The van der Waals surface area contributed by atoms with E-state index in [0.717, 1.165) is 5.39 Å². The Labute approximate surface area is 131 Å².